The molecule has 10 heteroatoms. The zero-order valence-electron chi connectivity index (χ0n) is 16.6. The van der Waals surface area contributed by atoms with Crippen molar-refractivity contribution in [1.82, 2.24) is 14.5 Å². The molecule has 0 atom stereocenters. The molecule has 3 aromatic rings. The Balaban J connectivity index is 1.89. The summed E-state index contributed by atoms with van der Waals surface area (Å²) in [6.07, 6.45) is 3.39. The van der Waals surface area contributed by atoms with Gasteiger partial charge >= 0.3 is 23.8 Å². The Bertz CT molecular complexity index is 1230. The summed E-state index contributed by atoms with van der Waals surface area (Å²) in [5.74, 6) is -4.99. The number of imidazole rings is 1. The van der Waals surface area contributed by atoms with Crippen LogP contribution in [-0.2, 0) is 30.2 Å². The molecular formula is C21H17N3O7. The molecule has 4 rings (SSSR count). The molecule has 1 N–H and O–H groups in total. The third-order valence-electron chi connectivity index (χ3n) is 4.89. The predicted molar refractivity (Wildman–Crippen MR) is 105 cm³/mol. The van der Waals surface area contributed by atoms with Crippen molar-refractivity contribution in [3.8, 4) is 0 Å². The average molecular weight is 423 g/mol. The lowest BCUT2D eigenvalue weighted by Gasteiger charge is -2.29. The Morgan fingerprint density at radius 3 is 2.45 bits per heavy atom. The van der Waals surface area contributed by atoms with Crippen LogP contribution in [-0.4, -0.2) is 51.2 Å². The number of methoxy groups -OCH3 is 1. The number of carbonyl (C=O) groups is 4. The first-order valence-corrected chi connectivity index (χ1v) is 9.21. The van der Waals surface area contributed by atoms with Crippen LogP contribution in [0.4, 0.5) is 4.79 Å². The summed E-state index contributed by atoms with van der Waals surface area (Å²) in [7, 11) is 1.21. The standard InChI is InChI=1S/C21H17N3O7/c1-12-15(23-11-22-12)9-21(30-17(25)7-8-18(26)31-21)19(27)14-10-24(20(28)29-2)16-6-4-3-5-13(14)16/h3-8,10-11H,9H2,1-2H3,(H,22,23). The third kappa shape index (κ3) is 3.48. The first kappa shape index (κ1) is 20.1. The average Bonchev–Trinajstić information content (AvgIpc) is 3.30. The molecule has 1 aromatic carbocycles. The molecule has 0 unspecified atom stereocenters. The summed E-state index contributed by atoms with van der Waals surface area (Å²) in [4.78, 5) is 57.4. The molecule has 0 saturated carbocycles. The highest BCUT2D eigenvalue weighted by atomic mass is 16.7. The van der Waals surface area contributed by atoms with E-state index in [1.165, 1.54) is 19.6 Å². The Kier molecular flexibility index (Phi) is 4.90. The molecule has 1 aliphatic heterocycles. The number of carbonyl (C=O) groups excluding carboxylic acids is 4. The van der Waals surface area contributed by atoms with E-state index in [2.05, 4.69) is 9.97 Å². The van der Waals surface area contributed by atoms with Crippen LogP contribution in [0.1, 0.15) is 21.7 Å². The smallest absolute Gasteiger partial charge is 0.418 e. The minimum atomic E-state index is -2.32. The SMILES string of the molecule is COC(=O)n1cc(C(=O)C2(Cc3nc[nH]c3C)OC(=O)C=CC(=O)O2)c2ccccc21. The van der Waals surface area contributed by atoms with Crippen molar-refractivity contribution in [3.05, 3.63) is 65.9 Å². The van der Waals surface area contributed by atoms with Gasteiger partial charge in [-0.3, -0.25) is 9.36 Å². The number of fused-ring (bicyclic) bond motifs is 1. The number of Topliss-reactive ketones (excluding diaryl/α,β-unsaturated/α-hetero) is 1. The number of cyclic esters (lactones) is 2. The van der Waals surface area contributed by atoms with Crippen LogP contribution in [0, 0.1) is 6.92 Å². The normalized spacial score (nSPS) is 15.3. The number of nitrogens with one attached hydrogen (secondary N) is 1. The fourth-order valence-electron chi connectivity index (χ4n) is 3.40. The van der Waals surface area contributed by atoms with Crippen molar-refractivity contribution in [2.75, 3.05) is 7.11 Å². The van der Waals surface area contributed by atoms with Gasteiger partial charge in [0.15, 0.2) is 0 Å². The lowest BCUT2D eigenvalue weighted by atomic mass is 9.97. The predicted octanol–water partition coefficient (Wildman–Crippen LogP) is 2.07. The summed E-state index contributed by atoms with van der Waals surface area (Å²) in [5.41, 5.74) is 1.38. The van der Waals surface area contributed by atoms with E-state index in [4.69, 9.17) is 14.2 Å². The Hall–Kier alpha value is -4.21. The van der Waals surface area contributed by atoms with E-state index in [1.54, 1.807) is 31.2 Å². The molecule has 158 valence electrons. The van der Waals surface area contributed by atoms with Gasteiger partial charge in [-0.1, -0.05) is 18.2 Å². The monoisotopic (exact) mass is 423 g/mol. The summed E-state index contributed by atoms with van der Waals surface area (Å²) in [6.45, 7) is 1.71. The minimum Gasteiger partial charge on any atom is -0.452 e. The number of benzene rings is 1. The van der Waals surface area contributed by atoms with E-state index in [-0.39, 0.29) is 12.0 Å². The van der Waals surface area contributed by atoms with Crippen LogP contribution in [0.25, 0.3) is 10.9 Å². The van der Waals surface area contributed by atoms with Crippen LogP contribution in [0.5, 0.6) is 0 Å². The van der Waals surface area contributed by atoms with Crippen molar-refractivity contribution in [1.29, 1.82) is 0 Å². The Morgan fingerprint density at radius 1 is 1.16 bits per heavy atom. The number of para-hydroxylation sites is 1. The number of ether oxygens (including phenoxy) is 3. The number of esters is 2. The molecule has 10 nitrogen and oxygen atoms in total. The van der Waals surface area contributed by atoms with Gasteiger partial charge in [0.1, 0.15) is 0 Å². The second kappa shape index (κ2) is 7.56. The van der Waals surface area contributed by atoms with Crippen molar-refractivity contribution < 1.29 is 33.4 Å². The number of hydrogen-bond donors (Lipinski definition) is 1. The lowest BCUT2D eigenvalue weighted by Crippen LogP contribution is -2.48. The van der Waals surface area contributed by atoms with Crippen molar-refractivity contribution in [2.24, 2.45) is 0 Å². The molecule has 0 radical (unpaired) electrons. The maximum absolute atomic E-state index is 13.8. The molecule has 0 spiro atoms. The first-order chi connectivity index (χ1) is 14.8. The maximum Gasteiger partial charge on any atom is 0.418 e. The van der Waals surface area contributed by atoms with Gasteiger partial charge in [0.25, 0.3) is 0 Å². The molecule has 0 bridgehead atoms. The fourth-order valence-corrected chi connectivity index (χ4v) is 3.40. The number of H-pyrrole nitrogens is 1. The highest BCUT2D eigenvalue weighted by Gasteiger charge is 2.49. The highest BCUT2D eigenvalue weighted by Crippen LogP contribution is 2.32. The van der Waals surface area contributed by atoms with E-state index >= 15 is 0 Å². The molecule has 2 aromatic heterocycles. The summed E-state index contributed by atoms with van der Waals surface area (Å²) >= 11 is 0. The zero-order valence-corrected chi connectivity index (χ0v) is 16.6. The molecule has 31 heavy (non-hydrogen) atoms. The van der Waals surface area contributed by atoms with E-state index in [9.17, 15) is 19.2 Å². The molecule has 0 aliphatic carbocycles. The highest BCUT2D eigenvalue weighted by molar-refractivity contribution is 6.14. The number of nitrogens with zero attached hydrogens (tertiary/aromatic N) is 2. The number of aromatic amines is 1. The largest absolute Gasteiger partial charge is 0.452 e. The van der Waals surface area contributed by atoms with Gasteiger partial charge in [0, 0.05) is 29.4 Å². The van der Waals surface area contributed by atoms with Crippen LogP contribution >= 0.6 is 0 Å². The van der Waals surface area contributed by atoms with Crippen molar-refractivity contribution >= 4 is 34.7 Å². The van der Waals surface area contributed by atoms with Gasteiger partial charge in [-0.15, -0.1) is 0 Å². The molecule has 3 heterocycles. The first-order valence-electron chi connectivity index (χ1n) is 9.21. The topological polar surface area (TPSA) is 130 Å². The second-order valence-corrected chi connectivity index (χ2v) is 6.81. The molecule has 0 saturated heterocycles. The van der Waals surface area contributed by atoms with E-state index in [1.807, 2.05) is 0 Å². The maximum atomic E-state index is 13.8. The van der Waals surface area contributed by atoms with Gasteiger partial charge in [-0.2, -0.15) is 0 Å². The molecule has 0 fully saturated rings. The lowest BCUT2D eigenvalue weighted by molar-refractivity contribution is -0.201. The molecular weight excluding hydrogens is 406 g/mol. The van der Waals surface area contributed by atoms with Gasteiger partial charge in [0.05, 0.1) is 36.6 Å². The van der Waals surface area contributed by atoms with Gasteiger partial charge in [-0.05, 0) is 13.0 Å². The van der Waals surface area contributed by atoms with E-state index < -0.39 is 29.6 Å². The molecule has 1 aliphatic rings. The van der Waals surface area contributed by atoms with Gasteiger partial charge in [0.2, 0.25) is 5.78 Å². The van der Waals surface area contributed by atoms with Crippen LogP contribution < -0.4 is 0 Å². The number of hydrogen-bond acceptors (Lipinski definition) is 8. The van der Waals surface area contributed by atoms with Gasteiger partial charge in [-0.25, -0.2) is 19.4 Å². The third-order valence-corrected chi connectivity index (χ3v) is 4.89. The molecule has 0 amide bonds. The number of rotatable bonds is 4. The summed E-state index contributed by atoms with van der Waals surface area (Å²) < 4.78 is 16.7. The zero-order chi connectivity index (χ0) is 22.2. The van der Waals surface area contributed by atoms with Crippen LogP contribution in [0.15, 0.2) is 48.9 Å². The minimum absolute atomic E-state index is 0.0108. The van der Waals surface area contributed by atoms with E-state index in [0.29, 0.717) is 22.3 Å². The van der Waals surface area contributed by atoms with E-state index in [0.717, 1.165) is 16.7 Å². The fraction of sp³-hybridized carbons (Fsp3) is 0.190. The van der Waals surface area contributed by atoms with Crippen LogP contribution in [0.3, 0.4) is 0 Å². The number of aryl methyl sites for hydroxylation is 1. The second-order valence-electron chi connectivity index (χ2n) is 6.81. The van der Waals surface area contributed by atoms with Crippen molar-refractivity contribution in [2.45, 2.75) is 19.1 Å². The number of ketones is 1. The Labute approximate surface area is 175 Å². The van der Waals surface area contributed by atoms with Gasteiger partial charge < -0.3 is 19.2 Å². The van der Waals surface area contributed by atoms with Crippen LogP contribution in [0.2, 0.25) is 0 Å². The Morgan fingerprint density at radius 2 is 1.84 bits per heavy atom. The summed E-state index contributed by atoms with van der Waals surface area (Å²) in [6, 6.07) is 6.61. The van der Waals surface area contributed by atoms with Crippen molar-refractivity contribution in [3.63, 3.8) is 0 Å². The summed E-state index contributed by atoms with van der Waals surface area (Å²) in [5, 5.41) is 0.389. The number of aromatic nitrogens is 3. The quantitative estimate of drug-likeness (QED) is 0.499.